The van der Waals surface area contributed by atoms with Gasteiger partial charge in [-0.2, -0.15) is 0 Å². The summed E-state index contributed by atoms with van der Waals surface area (Å²) < 4.78 is 7.65. The van der Waals surface area contributed by atoms with Crippen LogP contribution in [0.3, 0.4) is 0 Å². The van der Waals surface area contributed by atoms with Crippen LogP contribution in [0.1, 0.15) is 19.2 Å². The van der Waals surface area contributed by atoms with E-state index in [4.69, 9.17) is 4.74 Å². The molecule has 0 saturated heterocycles. The molecule has 0 bridgehead atoms. The van der Waals surface area contributed by atoms with Crippen molar-refractivity contribution in [2.45, 2.75) is 20.3 Å². The first-order valence-electron chi connectivity index (χ1n) is 9.19. The summed E-state index contributed by atoms with van der Waals surface area (Å²) in [7, 11) is 0. The Kier molecular flexibility index (Phi) is 4.61. The van der Waals surface area contributed by atoms with E-state index in [2.05, 4.69) is 17.1 Å². The van der Waals surface area contributed by atoms with Crippen LogP contribution in [0.15, 0.2) is 54.6 Å². The molecule has 0 aliphatic carbocycles. The van der Waals surface area contributed by atoms with E-state index in [-0.39, 0.29) is 11.5 Å². The number of phenols is 2. The summed E-state index contributed by atoms with van der Waals surface area (Å²) in [5, 5.41) is 30.4. The van der Waals surface area contributed by atoms with Crippen LogP contribution in [0.2, 0.25) is 0 Å². The molecule has 1 heterocycles. The first-order valence-corrected chi connectivity index (χ1v) is 9.19. The topological polar surface area (TPSA) is 80.4 Å². The lowest BCUT2D eigenvalue weighted by Crippen LogP contribution is -2.01. The molecule has 142 valence electrons. The summed E-state index contributed by atoms with van der Waals surface area (Å²) in [5.74, 6) is 1.98. The fourth-order valence-corrected chi connectivity index (χ4v) is 3.28. The summed E-state index contributed by atoms with van der Waals surface area (Å²) in [5.41, 5.74) is 1.41. The minimum atomic E-state index is -0.0517. The predicted octanol–water partition coefficient (Wildman–Crippen LogP) is 4.60. The molecular formula is C22H21N3O3. The van der Waals surface area contributed by atoms with Crippen LogP contribution < -0.4 is 4.74 Å². The molecule has 0 atom stereocenters. The highest BCUT2D eigenvalue weighted by atomic mass is 16.5. The molecule has 0 saturated carbocycles. The zero-order chi connectivity index (χ0) is 19.7. The molecule has 28 heavy (non-hydrogen) atoms. The van der Waals surface area contributed by atoms with Crippen LogP contribution in [0.25, 0.3) is 27.8 Å². The van der Waals surface area contributed by atoms with E-state index in [9.17, 15) is 10.2 Å². The van der Waals surface area contributed by atoms with Gasteiger partial charge in [0.25, 0.3) is 0 Å². The lowest BCUT2D eigenvalue weighted by molar-refractivity contribution is 0.318. The van der Waals surface area contributed by atoms with Gasteiger partial charge >= 0.3 is 0 Å². The molecule has 3 aromatic carbocycles. The van der Waals surface area contributed by atoms with Crippen molar-refractivity contribution < 1.29 is 14.9 Å². The number of aromatic nitrogens is 3. The van der Waals surface area contributed by atoms with Gasteiger partial charge in [0.1, 0.15) is 23.1 Å². The molecule has 0 spiro atoms. The Bertz CT molecular complexity index is 1150. The Hall–Kier alpha value is -3.54. The van der Waals surface area contributed by atoms with Crippen molar-refractivity contribution in [2.75, 3.05) is 6.61 Å². The number of fused-ring (bicyclic) bond motifs is 1. The number of aromatic hydroxyl groups is 2. The molecule has 4 rings (SSSR count). The van der Waals surface area contributed by atoms with Gasteiger partial charge in [-0.3, -0.25) is 4.57 Å². The van der Waals surface area contributed by atoms with Crippen molar-refractivity contribution in [2.24, 2.45) is 0 Å². The molecule has 0 aliphatic rings. The summed E-state index contributed by atoms with van der Waals surface area (Å²) in [6.07, 6.45) is 0.956. The van der Waals surface area contributed by atoms with E-state index in [0.29, 0.717) is 23.8 Å². The van der Waals surface area contributed by atoms with Crippen molar-refractivity contribution in [1.29, 1.82) is 0 Å². The van der Waals surface area contributed by atoms with E-state index < -0.39 is 0 Å². The molecule has 6 heteroatoms. The minimum Gasteiger partial charge on any atom is -0.508 e. The number of hydrogen-bond acceptors (Lipinski definition) is 5. The molecule has 1 aromatic heterocycles. The number of ether oxygens (including phenoxy) is 1. The maximum absolute atomic E-state index is 10.3. The Labute approximate surface area is 162 Å². The maximum atomic E-state index is 10.3. The van der Waals surface area contributed by atoms with Gasteiger partial charge in [0, 0.05) is 11.5 Å². The second-order valence-electron chi connectivity index (χ2n) is 6.62. The van der Waals surface area contributed by atoms with E-state index in [1.807, 2.05) is 47.9 Å². The SMILES string of the molecule is CCCOc1ccc2c(-n3c(C)nnc3-c3ccc(O)cc3O)cccc2c1. The van der Waals surface area contributed by atoms with Crippen molar-refractivity contribution >= 4 is 10.8 Å². The lowest BCUT2D eigenvalue weighted by Gasteiger charge is -2.14. The molecule has 0 fully saturated rings. The van der Waals surface area contributed by atoms with E-state index >= 15 is 0 Å². The van der Waals surface area contributed by atoms with Gasteiger partial charge in [0.2, 0.25) is 0 Å². The van der Waals surface area contributed by atoms with Crippen molar-refractivity contribution in [3.05, 3.63) is 60.4 Å². The molecular weight excluding hydrogens is 354 g/mol. The Balaban J connectivity index is 1.88. The van der Waals surface area contributed by atoms with Crippen LogP contribution in [0, 0.1) is 6.92 Å². The zero-order valence-electron chi connectivity index (χ0n) is 15.8. The molecule has 0 radical (unpaired) electrons. The van der Waals surface area contributed by atoms with Crippen molar-refractivity contribution in [3.8, 4) is 34.3 Å². The van der Waals surface area contributed by atoms with Crippen LogP contribution >= 0.6 is 0 Å². The van der Waals surface area contributed by atoms with E-state index in [0.717, 1.165) is 28.6 Å². The third-order valence-corrected chi connectivity index (χ3v) is 4.59. The van der Waals surface area contributed by atoms with Gasteiger partial charge in [-0.1, -0.05) is 19.1 Å². The molecule has 4 aromatic rings. The van der Waals surface area contributed by atoms with E-state index in [1.165, 1.54) is 12.1 Å². The molecule has 0 unspecified atom stereocenters. The van der Waals surface area contributed by atoms with Crippen LogP contribution in [-0.4, -0.2) is 31.6 Å². The highest BCUT2D eigenvalue weighted by Gasteiger charge is 2.18. The molecule has 0 aliphatic heterocycles. The fourth-order valence-electron chi connectivity index (χ4n) is 3.28. The maximum Gasteiger partial charge on any atom is 0.172 e. The third-order valence-electron chi connectivity index (χ3n) is 4.59. The largest absolute Gasteiger partial charge is 0.508 e. The number of hydrogen-bond donors (Lipinski definition) is 2. The molecule has 0 amide bonds. The average Bonchev–Trinajstić information content (AvgIpc) is 3.06. The van der Waals surface area contributed by atoms with E-state index in [1.54, 1.807) is 6.07 Å². The first-order chi connectivity index (χ1) is 13.6. The quantitative estimate of drug-likeness (QED) is 0.533. The Morgan fingerprint density at radius 3 is 2.64 bits per heavy atom. The van der Waals surface area contributed by atoms with Crippen LogP contribution in [-0.2, 0) is 0 Å². The highest BCUT2D eigenvalue weighted by molar-refractivity contribution is 5.92. The van der Waals surface area contributed by atoms with Crippen molar-refractivity contribution in [1.82, 2.24) is 14.8 Å². The van der Waals surface area contributed by atoms with Gasteiger partial charge in [-0.05, 0) is 55.1 Å². The fraction of sp³-hybridized carbons (Fsp3) is 0.182. The van der Waals surface area contributed by atoms with Gasteiger partial charge in [0.15, 0.2) is 5.82 Å². The second kappa shape index (κ2) is 7.23. The monoisotopic (exact) mass is 375 g/mol. The summed E-state index contributed by atoms with van der Waals surface area (Å²) >= 11 is 0. The zero-order valence-corrected chi connectivity index (χ0v) is 15.8. The Morgan fingerprint density at radius 1 is 1.00 bits per heavy atom. The average molecular weight is 375 g/mol. The number of rotatable bonds is 5. The summed E-state index contributed by atoms with van der Waals surface area (Å²) in [6.45, 7) is 4.62. The van der Waals surface area contributed by atoms with Gasteiger partial charge < -0.3 is 14.9 Å². The molecule has 2 N–H and O–H groups in total. The van der Waals surface area contributed by atoms with Gasteiger partial charge in [-0.25, -0.2) is 0 Å². The van der Waals surface area contributed by atoms with Crippen molar-refractivity contribution in [3.63, 3.8) is 0 Å². The van der Waals surface area contributed by atoms with Gasteiger partial charge in [-0.15, -0.1) is 10.2 Å². The predicted molar refractivity (Wildman–Crippen MR) is 108 cm³/mol. The van der Waals surface area contributed by atoms with Crippen LogP contribution in [0.5, 0.6) is 17.2 Å². The standard InChI is InChI=1S/C22H21N3O3/c1-3-11-28-17-8-10-18-15(12-17)5-4-6-20(18)25-14(2)23-24-22(25)19-9-7-16(26)13-21(19)27/h4-10,12-13,26-27H,3,11H2,1-2H3. The third kappa shape index (κ3) is 3.13. The highest BCUT2D eigenvalue weighted by Crippen LogP contribution is 2.35. The minimum absolute atomic E-state index is 0.00573. The summed E-state index contributed by atoms with van der Waals surface area (Å²) in [4.78, 5) is 0. The lowest BCUT2D eigenvalue weighted by atomic mass is 10.1. The van der Waals surface area contributed by atoms with Gasteiger partial charge in [0.05, 0.1) is 17.9 Å². The second-order valence-corrected chi connectivity index (χ2v) is 6.62. The smallest absolute Gasteiger partial charge is 0.172 e. The number of benzene rings is 3. The molecule has 6 nitrogen and oxygen atoms in total. The normalized spacial score (nSPS) is 11.1. The first kappa shape index (κ1) is 17.9. The number of nitrogens with zero attached hydrogens (tertiary/aromatic N) is 3. The Morgan fingerprint density at radius 2 is 1.86 bits per heavy atom. The number of phenolic OH excluding ortho intramolecular Hbond substituents is 2. The van der Waals surface area contributed by atoms with Crippen LogP contribution in [0.4, 0.5) is 0 Å². The number of aryl methyl sites for hydroxylation is 1. The summed E-state index contributed by atoms with van der Waals surface area (Å²) in [6, 6.07) is 16.4.